The van der Waals surface area contributed by atoms with E-state index in [2.05, 4.69) is 15.3 Å². The van der Waals surface area contributed by atoms with Gasteiger partial charge in [0.2, 0.25) is 0 Å². The van der Waals surface area contributed by atoms with Gasteiger partial charge in [-0.15, -0.1) is 0 Å². The zero-order chi connectivity index (χ0) is 36.6. The van der Waals surface area contributed by atoms with Crippen molar-refractivity contribution in [2.24, 2.45) is 0 Å². The van der Waals surface area contributed by atoms with Gasteiger partial charge in [0.1, 0.15) is 10.3 Å². The molecule has 4 heterocycles. The minimum atomic E-state index is -3.43. The number of hydrogen-bond acceptors (Lipinski definition) is 9. The summed E-state index contributed by atoms with van der Waals surface area (Å²) in [5.74, 6) is -0.395. The quantitative estimate of drug-likeness (QED) is 0.114. The fourth-order valence-corrected chi connectivity index (χ4v) is 6.70. The van der Waals surface area contributed by atoms with Crippen LogP contribution in [0.4, 0.5) is 0 Å². The molecular formula is C37H33Cl2KN4O7S. The van der Waals surface area contributed by atoms with E-state index in [0.717, 1.165) is 65.6 Å². The Morgan fingerprint density at radius 1 is 0.731 bits per heavy atom. The summed E-state index contributed by atoms with van der Waals surface area (Å²) in [6.45, 7) is 4.18. The van der Waals surface area contributed by atoms with Crippen molar-refractivity contribution in [1.82, 2.24) is 14.9 Å². The van der Waals surface area contributed by atoms with Crippen LogP contribution in [0, 0.1) is 13.8 Å². The van der Waals surface area contributed by atoms with Crippen LogP contribution in [0.15, 0.2) is 60.7 Å². The van der Waals surface area contributed by atoms with E-state index in [4.69, 9.17) is 27.4 Å². The van der Waals surface area contributed by atoms with Gasteiger partial charge >= 0.3 is 51.4 Å². The Bertz CT molecular complexity index is 2140. The summed E-state index contributed by atoms with van der Waals surface area (Å²) in [6, 6.07) is 17.0. The average Bonchev–Trinajstić information content (AvgIpc) is 4.03. The molecular weight excluding hydrogens is 754 g/mol. The van der Waals surface area contributed by atoms with Gasteiger partial charge in [-0.3, -0.25) is 18.7 Å². The molecule has 52 heavy (non-hydrogen) atoms. The molecule has 11 nitrogen and oxygen atoms in total. The monoisotopic (exact) mass is 786 g/mol. The first-order chi connectivity index (χ1) is 24.2. The number of imide groups is 2. The van der Waals surface area contributed by atoms with Gasteiger partial charge in [-0.1, -0.05) is 59.6 Å². The van der Waals surface area contributed by atoms with Crippen molar-refractivity contribution in [3.05, 3.63) is 132 Å². The van der Waals surface area contributed by atoms with Gasteiger partial charge in [0.05, 0.1) is 42.3 Å². The van der Waals surface area contributed by atoms with E-state index >= 15 is 0 Å². The van der Waals surface area contributed by atoms with Crippen LogP contribution in [0.1, 0.15) is 113 Å². The fraction of sp³-hybridized carbons (Fsp3) is 0.297. The van der Waals surface area contributed by atoms with Crippen molar-refractivity contribution in [2.75, 3.05) is 6.26 Å². The number of hydrogen-bond donors (Lipinski definition) is 0. The number of nitrogens with zero attached hydrogens (tertiary/aromatic N) is 4. The second-order valence-corrected chi connectivity index (χ2v) is 15.2. The van der Waals surface area contributed by atoms with Crippen LogP contribution in [0.5, 0.6) is 0 Å². The zero-order valence-electron chi connectivity index (χ0n) is 29.0. The fourth-order valence-electron chi connectivity index (χ4n) is 5.91. The molecule has 2 aromatic heterocycles. The zero-order valence-corrected chi connectivity index (χ0v) is 34.4. The van der Waals surface area contributed by atoms with Gasteiger partial charge < -0.3 is 14.9 Å². The maximum atomic E-state index is 12.5. The van der Waals surface area contributed by atoms with Crippen molar-refractivity contribution in [2.45, 2.75) is 64.5 Å². The third-order valence-electron chi connectivity index (χ3n) is 8.93. The van der Waals surface area contributed by atoms with E-state index in [-0.39, 0.29) is 76.4 Å². The number of carbonyl (C=O) groups excluding carboxylic acids is 4. The molecule has 0 N–H and O–H groups in total. The standard InChI is InChI=1S/C18H15ClN2O2.C11H14ClNO3S.C8H5NO2.K/c1-10-12(8-15(19)20-16(10)11-6-7-11)9-21-17(22)13-4-2-3-5-14(13)18(21)23;1-7-9(6-16-17(2,14)15)5-10(12)13-11(7)8-3-4-8;10-7-5-3-1-2-4-6(5)8(11)9-7;/h2-5,8,11H,6-7,9H2,1H3;5,8H,3-4,6H2,1-2H3;1-4H,(H,9,10,11);/q;;;+1/p-1. The largest absolute Gasteiger partial charge is 1.00 e. The average molecular weight is 788 g/mol. The van der Waals surface area contributed by atoms with E-state index in [0.29, 0.717) is 44.4 Å². The summed E-state index contributed by atoms with van der Waals surface area (Å²) in [6.07, 6.45) is 5.54. The minimum absolute atomic E-state index is 0. The first-order valence-electron chi connectivity index (χ1n) is 16.2. The van der Waals surface area contributed by atoms with Crippen LogP contribution in [0.25, 0.3) is 5.32 Å². The van der Waals surface area contributed by atoms with Crippen LogP contribution < -0.4 is 51.4 Å². The molecule has 0 atom stereocenters. The Morgan fingerprint density at radius 3 is 1.56 bits per heavy atom. The summed E-state index contributed by atoms with van der Waals surface area (Å²) >= 11 is 12.1. The Hall–Kier alpha value is -2.85. The molecule has 2 saturated carbocycles. The number of fused-ring (bicyclic) bond motifs is 2. The Labute approximate surface area is 354 Å². The van der Waals surface area contributed by atoms with E-state index in [1.807, 2.05) is 13.8 Å². The molecule has 8 rings (SSSR count). The van der Waals surface area contributed by atoms with Crippen LogP contribution in [0.2, 0.25) is 10.3 Å². The molecule has 2 fully saturated rings. The van der Waals surface area contributed by atoms with Gasteiger partial charge in [-0.05, 0) is 86.1 Å². The number of aromatic nitrogens is 2. The van der Waals surface area contributed by atoms with Crippen molar-refractivity contribution in [3.8, 4) is 0 Å². The molecule has 0 saturated heterocycles. The molecule has 15 heteroatoms. The van der Waals surface area contributed by atoms with Gasteiger partial charge in [-0.25, -0.2) is 9.97 Å². The molecule has 4 aromatic rings. The normalized spacial score (nSPS) is 15.8. The molecule has 4 aliphatic rings. The van der Waals surface area contributed by atoms with Crippen molar-refractivity contribution in [1.29, 1.82) is 0 Å². The molecule has 264 valence electrons. The molecule has 0 bridgehead atoms. The smallest absolute Gasteiger partial charge is 0.587 e. The summed E-state index contributed by atoms with van der Waals surface area (Å²) in [7, 11) is -3.43. The number of amides is 4. The van der Waals surface area contributed by atoms with Crippen molar-refractivity contribution >= 4 is 56.9 Å². The Kier molecular flexibility index (Phi) is 12.9. The minimum Gasteiger partial charge on any atom is -0.587 e. The van der Waals surface area contributed by atoms with Crippen molar-refractivity contribution in [3.63, 3.8) is 0 Å². The van der Waals surface area contributed by atoms with Crippen molar-refractivity contribution < 1.29 is 83.2 Å². The van der Waals surface area contributed by atoms with Crippen LogP contribution >= 0.6 is 23.2 Å². The molecule has 2 aliphatic heterocycles. The van der Waals surface area contributed by atoms with Gasteiger partial charge in [0, 0.05) is 34.4 Å². The Morgan fingerprint density at radius 2 is 1.13 bits per heavy atom. The molecule has 2 aromatic carbocycles. The molecule has 4 amide bonds. The number of rotatable bonds is 7. The first-order valence-corrected chi connectivity index (χ1v) is 18.8. The second kappa shape index (κ2) is 16.7. The molecule has 0 unspecified atom stereocenters. The predicted molar refractivity (Wildman–Crippen MR) is 191 cm³/mol. The topological polar surface area (TPSA) is 155 Å². The van der Waals surface area contributed by atoms with E-state index in [1.54, 1.807) is 60.7 Å². The summed E-state index contributed by atoms with van der Waals surface area (Å²) in [5.41, 5.74) is 7.45. The van der Waals surface area contributed by atoms with E-state index in [1.165, 1.54) is 4.90 Å². The summed E-state index contributed by atoms with van der Waals surface area (Å²) in [4.78, 5) is 56.8. The van der Waals surface area contributed by atoms with Crippen LogP contribution in [-0.2, 0) is 27.5 Å². The van der Waals surface area contributed by atoms with Crippen LogP contribution in [0.3, 0.4) is 0 Å². The summed E-state index contributed by atoms with van der Waals surface area (Å²) < 4.78 is 26.7. The number of pyridine rings is 2. The van der Waals surface area contributed by atoms with Gasteiger partial charge in [-0.2, -0.15) is 8.42 Å². The maximum absolute atomic E-state index is 12.5. The predicted octanol–water partition coefficient (Wildman–Crippen LogP) is 4.47. The molecule has 0 radical (unpaired) electrons. The van der Waals surface area contributed by atoms with Gasteiger partial charge in [0.15, 0.2) is 0 Å². The number of carbonyl (C=O) groups is 4. The third kappa shape index (κ3) is 9.44. The summed E-state index contributed by atoms with van der Waals surface area (Å²) in [5, 5.41) is 4.09. The number of halogens is 2. The third-order valence-corrected chi connectivity index (χ3v) is 9.86. The number of benzene rings is 2. The maximum Gasteiger partial charge on any atom is 1.00 e. The van der Waals surface area contributed by atoms with Crippen LogP contribution in [-0.4, -0.2) is 53.2 Å². The molecule has 2 aliphatic carbocycles. The SMILES string of the molecule is Cc1c(CN2C(=O)c3ccccc3C2=O)cc(Cl)nc1C1CC1.Cc1c(COS(C)(=O)=O)cc(Cl)nc1C1CC1.O=C1[N-]C(=O)c2ccccc21.[K+]. The van der Waals surface area contributed by atoms with E-state index < -0.39 is 21.9 Å². The first kappa shape index (κ1) is 40.3. The van der Waals surface area contributed by atoms with E-state index in [9.17, 15) is 27.6 Å². The second-order valence-electron chi connectivity index (χ2n) is 12.8. The molecule has 0 spiro atoms. The Balaban J connectivity index is 0.000000159. The van der Waals surface area contributed by atoms with Gasteiger partial charge in [0.25, 0.3) is 21.9 Å².